The summed E-state index contributed by atoms with van der Waals surface area (Å²) in [4.78, 5) is 24.2. The van der Waals surface area contributed by atoms with E-state index in [2.05, 4.69) is 15.5 Å². The standard InChI is InChI=1S/C21H18N4O5S/c1-25-20(18-9-28-16-4-2-3-5-17(16)30-18)23-24-21(25)31-11-14(26)12-6-7-15-13(8-12)22-19(27)10-29-15/h2-8,18H,9-11H2,1H3,(H,22,27)/t18-/m0/s1. The maximum Gasteiger partial charge on any atom is 0.262 e. The molecule has 1 amide bonds. The maximum absolute atomic E-state index is 12.7. The number of nitrogens with zero attached hydrogens (tertiary/aromatic N) is 3. The monoisotopic (exact) mass is 438 g/mol. The van der Waals surface area contributed by atoms with Crippen molar-refractivity contribution >= 4 is 29.1 Å². The second kappa shape index (κ2) is 7.95. The van der Waals surface area contributed by atoms with E-state index in [0.717, 1.165) is 0 Å². The predicted molar refractivity (Wildman–Crippen MR) is 112 cm³/mol. The van der Waals surface area contributed by atoms with Crippen molar-refractivity contribution in [3.63, 3.8) is 0 Å². The summed E-state index contributed by atoms with van der Waals surface area (Å²) in [6.45, 7) is 0.307. The van der Waals surface area contributed by atoms with Gasteiger partial charge in [-0.3, -0.25) is 9.59 Å². The summed E-state index contributed by atoms with van der Waals surface area (Å²) in [5, 5.41) is 11.8. The lowest BCUT2D eigenvalue weighted by atomic mass is 10.1. The van der Waals surface area contributed by atoms with Crippen LogP contribution in [0.3, 0.4) is 0 Å². The number of fused-ring (bicyclic) bond motifs is 2. The van der Waals surface area contributed by atoms with E-state index >= 15 is 0 Å². The van der Waals surface area contributed by atoms with E-state index in [9.17, 15) is 9.59 Å². The Morgan fingerprint density at radius 2 is 2.00 bits per heavy atom. The second-order valence-electron chi connectivity index (χ2n) is 7.02. The SMILES string of the molecule is Cn1c(SCC(=O)c2ccc3c(c2)NC(=O)CO3)nnc1[C@@H]1COc2ccccc2O1. The number of aromatic nitrogens is 3. The zero-order chi connectivity index (χ0) is 21.4. The smallest absolute Gasteiger partial charge is 0.262 e. The van der Waals surface area contributed by atoms with Gasteiger partial charge in [0.25, 0.3) is 5.91 Å². The number of rotatable bonds is 5. The van der Waals surface area contributed by atoms with E-state index in [4.69, 9.17) is 14.2 Å². The van der Waals surface area contributed by atoms with Crippen molar-refractivity contribution in [1.82, 2.24) is 14.8 Å². The number of ether oxygens (including phenoxy) is 3. The summed E-state index contributed by atoms with van der Waals surface area (Å²) in [5.41, 5.74) is 0.989. The number of carbonyl (C=O) groups is 2. The van der Waals surface area contributed by atoms with Crippen molar-refractivity contribution in [3.8, 4) is 17.2 Å². The molecule has 1 aromatic heterocycles. The Balaban J connectivity index is 1.26. The third kappa shape index (κ3) is 3.81. The van der Waals surface area contributed by atoms with Crippen molar-refractivity contribution in [2.75, 3.05) is 24.3 Å². The van der Waals surface area contributed by atoms with Gasteiger partial charge in [-0.2, -0.15) is 0 Å². The number of para-hydroxylation sites is 2. The van der Waals surface area contributed by atoms with Gasteiger partial charge in [0.15, 0.2) is 41.0 Å². The number of benzene rings is 2. The normalized spacial score (nSPS) is 16.8. The molecule has 1 atom stereocenters. The van der Waals surface area contributed by atoms with E-state index in [0.29, 0.717) is 46.1 Å². The lowest BCUT2D eigenvalue weighted by molar-refractivity contribution is -0.118. The lowest BCUT2D eigenvalue weighted by Gasteiger charge is -2.25. The van der Waals surface area contributed by atoms with Gasteiger partial charge >= 0.3 is 0 Å². The number of nitrogens with one attached hydrogen (secondary N) is 1. The van der Waals surface area contributed by atoms with Crippen molar-refractivity contribution in [3.05, 3.63) is 53.9 Å². The van der Waals surface area contributed by atoms with Gasteiger partial charge in [0.1, 0.15) is 12.4 Å². The van der Waals surface area contributed by atoms with Crippen LogP contribution in [0.4, 0.5) is 5.69 Å². The molecule has 0 radical (unpaired) electrons. The second-order valence-corrected chi connectivity index (χ2v) is 7.97. The van der Waals surface area contributed by atoms with Gasteiger partial charge < -0.3 is 24.1 Å². The number of ketones is 1. The van der Waals surface area contributed by atoms with Gasteiger partial charge in [0, 0.05) is 12.6 Å². The number of carbonyl (C=O) groups excluding carboxylic acids is 2. The minimum absolute atomic E-state index is 0.0219. The average Bonchev–Trinajstić information content (AvgIpc) is 3.16. The molecule has 0 unspecified atom stereocenters. The minimum atomic E-state index is -0.387. The molecule has 9 nitrogen and oxygen atoms in total. The highest BCUT2D eigenvalue weighted by Gasteiger charge is 2.27. The molecule has 31 heavy (non-hydrogen) atoms. The molecule has 0 fully saturated rings. The molecule has 0 saturated carbocycles. The van der Waals surface area contributed by atoms with Gasteiger partial charge in [-0.05, 0) is 30.3 Å². The highest BCUT2D eigenvalue weighted by Crippen LogP contribution is 2.36. The van der Waals surface area contributed by atoms with Crippen LogP contribution in [0.5, 0.6) is 17.2 Å². The van der Waals surface area contributed by atoms with Crippen molar-refractivity contribution in [2.24, 2.45) is 7.05 Å². The summed E-state index contributed by atoms with van der Waals surface area (Å²) < 4.78 is 18.9. The van der Waals surface area contributed by atoms with Gasteiger partial charge in [0.2, 0.25) is 0 Å². The fraction of sp³-hybridized carbons (Fsp3) is 0.238. The van der Waals surface area contributed by atoms with Gasteiger partial charge in [-0.25, -0.2) is 0 Å². The zero-order valence-electron chi connectivity index (χ0n) is 16.5. The summed E-state index contributed by atoms with van der Waals surface area (Å²) in [6, 6.07) is 12.5. The Labute approximate surface area is 181 Å². The number of thioether (sulfide) groups is 1. The molecule has 2 aliphatic rings. The number of hydrogen-bond acceptors (Lipinski definition) is 8. The van der Waals surface area contributed by atoms with E-state index in [-0.39, 0.29) is 30.2 Å². The molecule has 3 heterocycles. The largest absolute Gasteiger partial charge is 0.485 e. The molecule has 0 bridgehead atoms. The van der Waals surface area contributed by atoms with Crippen molar-refractivity contribution in [1.29, 1.82) is 0 Å². The molecular weight excluding hydrogens is 420 g/mol. The maximum atomic E-state index is 12.7. The zero-order valence-corrected chi connectivity index (χ0v) is 17.3. The minimum Gasteiger partial charge on any atom is -0.485 e. The van der Waals surface area contributed by atoms with E-state index in [1.807, 2.05) is 31.3 Å². The first-order valence-corrected chi connectivity index (χ1v) is 10.6. The van der Waals surface area contributed by atoms with Crippen LogP contribution in [0.15, 0.2) is 47.6 Å². The molecule has 1 N–H and O–H groups in total. The number of amides is 1. The summed E-state index contributed by atoms with van der Waals surface area (Å²) in [7, 11) is 1.83. The highest BCUT2D eigenvalue weighted by atomic mass is 32.2. The Morgan fingerprint density at radius 1 is 1.16 bits per heavy atom. The van der Waals surface area contributed by atoms with Crippen LogP contribution in [0.2, 0.25) is 0 Å². The van der Waals surface area contributed by atoms with Crippen LogP contribution in [0.25, 0.3) is 0 Å². The van der Waals surface area contributed by atoms with Crippen LogP contribution >= 0.6 is 11.8 Å². The Morgan fingerprint density at radius 3 is 2.87 bits per heavy atom. The van der Waals surface area contributed by atoms with Crippen LogP contribution < -0.4 is 19.5 Å². The summed E-state index contributed by atoms with van der Waals surface area (Å²) in [6.07, 6.45) is -0.387. The Hall–Kier alpha value is -3.53. The van der Waals surface area contributed by atoms with Crippen LogP contribution in [0.1, 0.15) is 22.3 Å². The van der Waals surface area contributed by atoms with Gasteiger partial charge in [-0.1, -0.05) is 23.9 Å². The topological polar surface area (TPSA) is 105 Å². The third-order valence-electron chi connectivity index (χ3n) is 4.93. The highest BCUT2D eigenvalue weighted by molar-refractivity contribution is 7.99. The van der Waals surface area contributed by atoms with Gasteiger partial charge in [0.05, 0.1) is 11.4 Å². The first-order valence-electron chi connectivity index (χ1n) is 9.59. The number of anilines is 1. The van der Waals surface area contributed by atoms with Crippen LogP contribution in [0, 0.1) is 0 Å². The molecule has 0 spiro atoms. The number of hydrogen-bond donors (Lipinski definition) is 1. The Bertz CT molecular complexity index is 1180. The van der Waals surface area contributed by atoms with Gasteiger partial charge in [-0.15, -0.1) is 10.2 Å². The van der Waals surface area contributed by atoms with Crippen LogP contribution in [-0.4, -0.2) is 45.4 Å². The molecule has 2 aromatic carbocycles. The lowest BCUT2D eigenvalue weighted by Crippen LogP contribution is -2.25. The molecule has 0 saturated heterocycles. The first-order chi connectivity index (χ1) is 15.1. The average molecular weight is 438 g/mol. The first kappa shape index (κ1) is 19.4. The van der Waals surface area contributed by atoms with Crippen LogP contribution in [-0.2, 0) is 11.8 Å². The molecule has 0 aliphatic carbocycles. The van der Waals surface area contributed by atoms with E-state index < -0.39 is 0 Å². The molecular formula is C21H18N4O5S. The van der Waals surface area contributed by atoms with Crippen molar-refractivity contribution < 1.29 is 23.8 Å². The predicted octanol–water partition coefficient (Wildman–Crippen LogP) is 2.63. The van der Waals surface area contributed by atoms with E-state index in [1.165, 1.54) is 11.8 Å². The number of Topliss-reactive ketones (excluding diaryl/α,β-unsaturated/α-hetero) is 1. The van der Waals surface area contributed by atoms with E-state index in [1.54, 1.807) is 22.8 Å². The summed E-state index contributed by atoms with van der Waals surface area (Å²) in [5.74, 6) is 2.38. The molecule has 158 valence electrons. The quantitative estimate of drug-likeness (QED) is 0.479. The molecule has 3 aromatic rings. The molecule has 10 heteroatoms. The fourth-order valence-corrected chi connectivity index (χ4v) is 4.16. The fourth-order valence-electron chi connectivity index (χ4n) is 3.35. The Kier molecular flexibility index (Phi) is 4.99. The molecule has 2 aliphatic heterocycles. The molecule has 5 rings (SSSR count). The van der Waals surface area contributed by atoms with Crippen molar-refractivity contribution in [2.45, 2.75) is 11.3 Å². The third-order valence-corrected chi connectivity index (χ3v) is 5.95. The summed E-state index contributed by atoms with van der Waals surface area (Å²) >= 11 is 1.28.